The van der Waals surface area contributed by atoms with Gasteiger partial charge in [-0.1, -0.05) is 24.2 Å². The number of rotatable bonds is 9. The standard InChI is InChI=1S/C23H23F3N4O2S/c1-30-18-10-7-14(19(32)6-4-2-3-5-11-31)12-17(18)27-21(30)29-22-28-16-9-8-15(23(24,25)26)13-20(16)33-22/h7-10,12-13,31H,2-6,11H2,1H3,(H,27,28,29). The van der Waals surface area contributed by atoms with Crippen LogP contribution in [-0.2, 0) is 13.2 Å². The monoisotopic (exact) mass is 476 g/mol. The summed E-state index contributed by atoms with van der Waals surface area (Å²) in [7, 11) is 1.81. The van der Waals surface area contributed by atoms with Gasteiger partial charge in [0.2, 0.25) is 5.95 Å². The summed E-state index contributed by atoms with van der Waals surface area (Å²) in [5, 5.41) is 12.3. The predicted octanol–water partition coefficient (Wildman–Crippen LogP) is 6.07. The number of aliphatic hydroxyl groups excluding tert-OH is 1. The maximum absolute atomic E-state index is 13.0. The van der Waals surface area contributed by atoms with Crippen LogP contribution in [0, 0.1) is 0 Å². The number of fused-ring (bicyclic) bond motifs is 2. The van der Waals surface area contributed by atoms with Gasteiger partial charge in [-0.05, 0) is 49.2 Å². The van der Waals surface area contributed by atoms with Crippen molar-refractivity contribution in [1.29, 1.82) is 0 Å². The fourth-order valence-corrected chi connectivity index (χ4v) is 4.53. The number of anilines is 2. The Bertz CT molecular complexity index is 1300. The number of imidazole rings is 1. The van der Waals surface area contributed by atoms with Crippen LogP contribution in [-0.4, -0.2) is 32.0 Å². The number of alkyl halides is 3. The molecule has 2 aromatic heterocycles. The lowest BCUT2D eigenvalue weighted by Gasteiger charge is -2.04. The van der Waals surface area contributed by atoms with Crippen molar-refractivity contribution < 1.29 is 23.1 Å². The molecule has 0 fully saturated rings. The van der Waals surface area contributed by atoms with Crippen molar-refractivity contribution in [3.8, 4) is 0 Å². The number of hydrogen-bond donors (Lipinski definition) is 2. The Balaban J connectivity index is 1.51. The van der Waals surface area contributed by atoms with Crippen LogP contribution in [0.25, 0.3) is 21.3 Å². The van der Waals surface area contributed by atoms with Gasteiger partial charge < -0.3 is 15.0 Å². The molecule has 2 heterocycles. The SMILES string of the molecule is Cn1c(Nc2nc3ccc(C(F)(F)F)cc3s2)nc2cc(C(=O)CCCCCCO)ccc21. The summed E-state index contributed by atoms with van der Waals surface area (Å²) >= 11 is 1.12. The minimum absolute atomic E-state index is 0.0488. The maximum Gasteiger partial charge on any atom is 0.416 e. The van der Waals surface area contributed by atoms with E-state index in [1.807, 2.05) is 17.7 Å². The minimum atomic E-state index is -4.41. The number of carbonyl (C=O) groups excluding carboxylic acids is 1. The van der Waals surface area contributed by atoms with Crippen LogP contribution in [0.5, 0.6) is 0 Å². The lowest BCUT2D eigenvalue weighted by atomic mass is 10.0. The molecule has 0 spiro atoms. The van der Waals surface area contributed by atoms with Crippen LogP contribution >= 0.6 is 11.3 Å². The Labute approximate surface area is 192 Å². The highest BCUT2D eigenvalue weighted by Crippen LogP contribution is 2.35. The molecule has 4 aromatic rings. The first-order chi connectivity index (χ1) is 15.8. The summed E-state index contributed by atoms with van der Waals surface area (Å²) in [6, 6.07) is 8.84. The van der Waals surface area contributed by atoms with E-state index in [4.69, 9.17) is 5.11 Å². The van der Waals surface area contributed by atoms with E-state index >= 15 is 0 Å². The van der Waals surface area contributed by atoms with Crippen molar-refractivity contribution >= 4 is 49.4 Å². The van der Waals surface area contributed by atoms with E-state index in [9.17, 15) is 18.0 Å². The summed E-state index contributed by atoms with van der Waals surface area (Å²) in [6.45, 7) is 0.173. The zero-order valence-corrected chi connectivity index (χ0v) is 18.8. The normalized spacial score (nSPS) is 12.0. The second kappa shape index (κ2) is 9.48. The quantitative estimate of drug-likeness (QED) is 0.226. The molecule has 0 saturated heterocycles. The van der Waals surface area contributed by atoms with Crippen molar-refractivity contribution in [3.63, 3.8) is 0 Å². The molecule has 0 aliphatic carbocycles. The van der Waals surface area contributed by atoms with Crippen LogP contribution < -0.4 is 5.32 Å². The molecule has 0 atom stereocenters. The molecule has 33 heavy (non-hydrogen) atoms. The lowest BCUT2D eigenvalue weighted by Crippen LogP contribution is -2.03. The first-order valence-corrected chi connectivity index (χ1v) is 11.4. The van der Waals surface area contributed by atoms with Crippen LogP contribution in [0.2, 0.25) is 0 Å². The van der Waals surface area contributed by atoms with Gasteiger partial charge in [-0.3, -0.25) is 4.79 Å². The van der Waals surface area contributed by atoms with Crippen molar-refractivity contribution in [2.75, 3.05) is 11.9 Å². The zero-order valence-electron chi connectivity index (χ0n) is 17.9. The number of benzene rings is 2. The van der Waals surface area contributed by atoms with Gasteiger partial charge in [-0.2, -0.15) is 13.2 Å². The third-order valence-corrected chi connectivity index (χ3v) is 6.38. The number of nitrogens with zero attached hydrogens (tertiary/aromatic N) is 3. The Hall–Kier alpha value is -2.98. The molecular formula is C23H23F3N4O2S. The summed E-state index contributed by atoms with van der Waals surface area (Å²) in [4.78, 5) is 21.4. The van der Waals surface area contributed by atoms with Crippen molar-refractivity contribution in [2.24, 2.45) is 7.05 Å². The molecule has 0 amide bonds. The largest absolute Gasteiger partial charge is 0.416 e. The number of Topliss-reactive ketones (excluding diaryl/α,β-unsaturated/α-hetero) is 1. The van der Waals surface area contributed by atoms with Crippen LogP contribution in [0.15, 0.2) is 36.4 Å². The number of aromatic nitrogens is 3. The number of carbonyl (C=O) groups is 1. The van der Waals surface area contributed by atoms with E-state index in [1.54, 1.807) is 12.1 Å². The number of nitrogens with one attached hydrogen (secondary N) is 1. The van der Waals surface area contributed by atoms with E-state index in [-0.39, 0.29) is 12.4 Å². The summed E-state index contributed by atoms with van der Waals surface area (Å²) in [5.41, 5.74) is 1.82. The topological polar surface area (TPSA) is 80.0 Å². The summed E-state index contributed by atoms with van der Waals surface area (Å²) < 4.78 is 41.2. The number of aryl methyl sites for hydroxylation is 1. The summed E-state index contributed by atoms with van der Waals surface area (Å²) in [5.74, 6) is 0.529. The van der Waals surface area contributed by atoms with Gasteiger partial charge >= 0.3 is 6.18 Å². The number of hydrogen-bond acceptors (Lipinski definition) is 6. The third kappa shape index (κ3) is 5.17. The second-order valence-electron chi connectivity index (χ2n) is 7.83. The van der Waals surface area contributed by atoms with Gasteiger partial charge in [0.05, 0.1) is 26.8 Å². The Morgan fingerprint density at radius 3 is 2.61 bits per heavy atom. The average Bonchev–Trinajstić information content (AvgIpc) is 3.32. The Morgan fingerprint density at radius 2 is 1.85 bits per heavy atom. The number of halogens is 3. The van der Waals surface area contributed by atoms with Crippen molar-refractivity contribution in [1.82, 2.24) is 14.5 Å². The molecule has 4 rings (SSSR count). The van der Waals surface area contributed by atoms with E-state index < -0.39 is 11.7 Å². The molecule has 10 heteroatoms. The minimum Gasteiger partial charge on any atom is -0.396 e. The highest BCUT2D eigenvalue weighted by Gasteiger charge is 2.30. The highest BCUT2D eigenvalue weighted by molar-refractivity contribution is 7.22. The molecule has 2 N–H and O–H groups in total. The Kier molecular flexibility index (Phi) is 6.66. The molecule has 174 valence electrons. The smallest absolute Gasteiger partial charge is 0.396 e. The first-order valence-electron chi connectivity index (χ1n) is 10.6. The van der Waals surface area contributed by atoms with Crippen LogP contribution in [0.1, 0.15) is 48.0 Å². The zero-order chi connectivity index (χ0) is 23.6. The van der Waals surface area contributed by atoms with Gasteiger partial charge in [0.15, 0.2) is 10.9 Å². The van der Waals surface area contributed by atoms with Crippen molar-refractivity contribution in [3.05, 3.63) is 47.5 Å². The molecule has 0 saturated carbocycles. The number of thiazole rings is 1. The van der Waals surface area contributed by atoms with E-state index in [0.717, 1.165) is 54.7 Å². The maximum atomic E-state index is 13.0. The number of ketones is 1. The molecule has 0 aliphatic heterocycles. The van der Waals surface area contributed by atoms with E-state index in [2.05, 4.69) is 15.3 Å². The van der Waals surface area contributed by atoms with Gasteiger partial charge in [0, 0.05) is 25.6 Å². The van der Waals surface area contributed by atoms with Gasteiger partial charge in [-0.15, -0.1) is 0 Å². The van der Waals surface area contributed by atoms with E-state index in [1.165, 1.54) is 6.07 Å². The van der Waals surface area contributed by atoms with Crippen LogP contribution in [0.4, 0.5) is 24.3 Å². The fourth-order valence-electron chi connectivity index (χ4n) is 3.63. The van der Waals surface area contributed by atoms with Gasteiger partial charge in [-0.25, -0.2) is 9.97 Å². The predicted molar refractivity (Wildman–Crippen MR) is 123 cm³/mol. The van der Waals surface area contributed by atoms with Gasteiger partial charge in [0.1, 0.15) is 0 Å². The number of aliphatic hydroxyl groups is 1. The molecule has 0 aliphatic rings. The Morgan fingerprint density at radius 1 is 1.06 bits per heavy atom. The van der Waals surface area contributed by atoms with E-state index in [0.29, 0.717) is 38.8 Å². The second-order valence-corrected chi connectivity index (χ2v) is 8.86. The molecule has 0 bridgehead atoms. The molecular weight excluding hydrogens is 453 g/mol. The lowest BCUT2D eigenvalue weighted by molar-refractivity contribution is -0.137. The molecule has 2 aromatic carbocycles. The number of unbranched alkanes of at least 4 members (excludes halogenated alkanes) is 3. The highest BCUT2D eigenvalue weighted by atomic mass is 32.1. The third-order valence-electron chi connectivity index (χ3n) is 5.45. The molecule has 0 unspecified atom stereocenters. The van der Waals surface area contributed by atoms with Gasteiger partial charge in [0.25, 0.3) is 0 Å². The fraction of sp³-hybridized carbons (Fsp3) is 0.348. The first kappa shape index (κ1) is 23.2. The average molecular weight is 477 g/mol. The molecule has 6 nitrogen and oxygen atoms in total. The van der Waals surface area contributed by atoms with Crippen LogP contribution in [0.3, 0.4) is 0 Å². The van der Waals surface area contributed by atoms with Crippen molar-refractivity contribution in [2.45, 2.75) is 38.3 Å². The molecule has 0 radical (unpaired) electrons. The summed E-state index contributed by atoms with van der Waals surface area (Å²) in [6.07, 6.45) is -0.625.